The second-order valence-electron chi connectivity index (χ2n) is 10.3. The summed E-state index contributed by atoms with van der Waals surface area (Å²) in [4.78, 5) is 47.6. The number of benzene rings is 1. The molecule has 2 aromatic heterocycles. The van der Waals surface area contributed by atoms with Gasteiger partial charge in [0.15, 0.2) is 5.01 Å². The summed E-state index contributed by atoms with van der Waals surface area (Å²) < 4.78 is 6.11. The van der Waals surface area contributed by atoms with Crippen molar-refractivity contribution in [3.05, 3.63) is 66.3 Å². The van der Waals surface area contributed by atoms with E-state index in [2.05, 4.69) is 34.4 Å². The van der Waals surface area contributed by atoms with Crippen molar-refractivity contribution < 1.29 is 19.1 Å². The van der Waals surface area contributed by atoms with Gasteiger partial charge in [-0.2, -0.15) is 0 Å². The van der Waals surface area contributed by atoms with Crippen LogP contribution in [-0.4, -0.2) is 45.9 Å². The van der Waals surface area contributed by atoms with Gasteiger partial charge in [0, 0.05) is 37.0 Å². The third kappa shape index (κ3) is 6.79. The Morgan fingerprint density at radius 3 is 2.55 bits per heavy atom. The number of hydrogen-bond acceptors (Lipinski definition) is 8. The van der Waals surface area contributed by atoms with E-state index in [0.717, 1.165) is 30.1 Å². The summed E-state index contributed by atoms with van der Waals surface area (Å²) in [6.07, 6.45) is 0.788. The van der Waals surface area contributed by atoms with Crippen molar-refractivity contribution in [1.29, 1.82) is 0 Å². The third-order valence-corrected chi connectivity index (χ3v) is 8.24. The Labute approximate surface area is 235 Å². The molecule has 0 fully saturated rings. The highest BCUT2D eigenvalue weighted by Crippen LogP contribution is 2.29. The number of esters is 1. The van der Waals surface area contributed by atoms with E-state index in [4.69, 9.17) is 16.3 Å². The van der Waals surface area contributed by atoms with Crippen LogP contribution < -0.4 is 10.6 Å². The highest BCUT2D eigenvalue weighted by molar-refractivity contribution is 7.18. The van der Waals surface area contributed by atoms with Crippen molar-refractivity contribution >= 4 is 57.7 Å². The normalized spacial score (nSPS) is 13.8. The van der Waals surface area contributed by atoms with Crippen molar-refractivity contribution in [2.24, 2.45) is 0 Å². The van der Waals surface area contributed by atoms with E-state index in [1.54, 1.807) is 51.1 Å². The van der Waals surface area contributed by atoms with Gasteiger partial charge in [-0.05, 0) is 58.4 Å². The van der Waals surface area contributed by atoms with E-state index in [1.165, 1.54) is 22.7 Å². The first-order chi connectivity index (χ1) is 17.9. The van der Waals surface area contributed by atoms with Gasteiger partial charge in [-0.25, -0.2) is 9.78 Å². The van der Waals surface area contributed by atoms with E-state index in [0.29, 0.717) is 25.8 Å². The number of hydrogen-bond donors (Lipinski definition) is 2. The van der Waals surface area contributed by atoms with Gasteiger partial charge in [-0.15, -0.1) is 22.7 Å². The lowest BCUT2D eigenvalue weighted by molar-refractivity contribution is 0.00706. The predicted octanol–water partition coefficient (Wildman–Crippen LogP) is 5.76. The molecule has 2 N–H and O–H groups in total. The van der Waals surface area contributed by atoms with Crippen LogP contribution in [-0.2, 0) is 24.2 Å². The molecule has 0 saturated heterocycles. The number of ether oxygens (including phenoxy) is 1. The molecule has 3 aromatic rings. The van der Waals surface area contributed by atoms with Gasteiger partial charge in [-0.3, -0.25) is 14.5 Å². The number of amides is 2. The lowest BCUT2D eigenvalue weighted by Crippen LogP contribution is -2.35. The summed E-state index contributed by atoms with van der Waals surface area (Å²) in [5.41, 5.74) is 1.27. The van der Waals surface area contributed by atoms with Crippen molar-refractivity contribution in [2.75, 3.05) is 11.9 Å². The number of rotatable bonds is 7. The minimum atomic E-state index is -0.725. The molecule has 0 aliphatic carbocycles. The lowest BCUT2D eigenvalue weighted by atomic mass is 10.1. The van der Waals surface area contributed by atoms with Gasteiger partial charge >= 0.3 is 5.97 Å². The molecule has 0 unspecified atom stereocenters. The highest BCUT2D eigenvalue weighted by atomic mass is 35.5. The van der Waals surface area contributed by atoms with E-state index in [-0.39, 0.29) is 23.7 Å². The molecule has 0 atom stereocenters. The molecule has 0 bridgehead atoms. The molecule has 38 heavy (non-hydrogen) atoms. The second kappa shape index (κ2) is 11.5. The van der Waals surface area contributed by atoms with Gasteiger partial charge in [0.05, 0.1) is 26.2 Å². The average Bonchev–Trinajstić information content (AvgIpc) is 3.47. The Hall–Kier alpha value is -2.79. The topological polar surface area (TPSA) is 101 Å². The van der Waals surface area contributed by atoms with Crippen LogP contribution in [0.2, 0.25) is 4.34 Å². The fraction of sp³-hybridized carbons (Fsp3) is 0.407. The molecule has 202 valence electrons. The van der Waals surface area contributed by atoms with E-state index < -0.39 is 17.5 Å². The standard InChI is InChI=1S/C27H31ClN4O4S2/c1-15(2)32-12-11-18-20(14-32)38-25(30-18)24(34)31-22-16(13-29-23(33)19-9-10-21(28)37-19)7-6-8-17(22)26(35)36-27(3,4)5/h6-10,15H,11-14H2,1-5H3,(H,29,33)(H,31,34). The van der Waals surface area contributed by atoms with E-state index in [1.807, 2.05) is 0 Å². The summed E-state index contributed by atoms with van der Waals surface area (Å²) >= 11 is 8.51. The maximum Gasteiger partial charge on any atom is 0.340 e. The monoisotopic (exact) mass is 574 g/mol. The van der Waals surface area contributed by atoms with Crippen molar-refractivity contribution in [3.63, 3.8) is 0 Å². The molecule has 1 aromatic carbocycles. The summed E-state index contributed by atoms with van der Waals surface area (Å²) in [5.74, 6) is -1.28. The maximum atomic E-state index is 13.4. The Kier molecular flexibility index (Phi) is 8.56. The number of thiazole rings is 1. The van der Waals surface area contributed by atoms with Gasteiger partial charge in [0.25, 0.3) is 11.8 Å². The number of aromatic nitrogens is 1. The van der Waals surface area contributed by atoms with Crippen molar-refractivity contribution in [1.82, 2.24) is 15.2 Å². The Bertz CT molecular complexity index is 1360. The average molecular weight is 575 g/mol. The quantitative estimate of drug-likeness (QED) is 0.348. The van der Waals surface area contributed by atoms with Gasteiger partial charge in [0.1, 0.15) is 5.60 Å². The predicted molar refractivity (Wildman–Crippen MR) is 151 cm³/mol. The number of nitrogens with one attached hydrogen (secondary N) is 2. The summed E-state index contributed by atoms with van der Waals surface area (Å²) in [7, 11) is 0. The van der Waals surface area contributed by atoms with Crippen LogP contribution in [0.25, 0.3) is 0 Å². The fourth-order valence-corrected chi connectivity index (χ4v) is 6.01. The van der Waals surface area contributed by atoms with E-state index >= 15 is 0 Å². The molecule has 0 radical (unpaired) electrons. The molecule has 2 amide bonds. The van der Waals surface area contributed by atoms with Crippen LogP contribution in [0.15, 0.2) is 30.3 Å². The molecule has 1 aliphatic heterocycles. The molecular weight excluding hydrogens is 544 g/mol. The van der Waals surface area contributed by atoms with Crippen LogP contribution in [0.1, 0.15) is 80.6 Å². The second-order valence-corrected chi connectivity index (χ2v) is 13.1. The third-order valence-electron chi connectivity index (χ3n) is 5.93. The number of carbonyl (C=O) groups excluding carboxylic acids is 3. The molecule has 8 nitrogen and oxygen atoms in total. The van der Waals surface area contributed by atoms with Crippen molar-refractivity contribution in [2.45, 2.75) is 65.8 Å². The number of anilines is 1. The molecule has 1 aliphatic rings. The minimum absolute atomic E-state index is 0.0817. The summed E-state index contributed by atoms with van der Waals surface area (Å²) in [6.45, 7) is 11.4. The molecule has 4 rings (SSSR count). The Morgan fingerprint density at radius 2 is 1.89 bits per heavy atom. The summed E-state index contributed by atoms with van der Waals surface area (Å²) in [6, 6.07) is 8.75. The van der Waals surface area contributed by atoms with Gasteiger partial charge in [0.2, 0.25) is 0 Å². The Balaban J connectivity index is 1.60. The fourth-order valence-electron chi connectivity index (χ4n) is 4.02. The largest absolute Gasteiger partial charge is 0.456 e. The molecule has 11 heteroatoms. The first-order valence-corrected chi connectivity index (χ1v) is 14.3. The number of halogens is 1. The smallest absolute Gasteiger partial charge is 0.340 e. The SMILES string of the molecule is CC(C)N1CCc2nc(C(=O)Nc3c(CNC(=O)c4ccc(Cl)s4)cccc3C(=O)OC(C)(C)C)sc2C1. The van der Waals surface area contributed by atoms with Crippen LogP contribution in [0.3, 0.4) is 0 Å². The number of nitrogens with zero attached hydrogens (tertiary/aromatic N) is 2. The minimum Gasteiger partial charge on any atom is -0.456 e. The first kappa shape index (κ1) is 28.2. The van der Waals surface area contributed by atoms with Crippen molar-refractivity contribution in [3.8, 4) is 0 Å². The number of fused-ring (bicyclic) bond motifs is 1. The zero-order chi connectivity index (χ0) is 27.6. The van der Waals surface area contributed by atoms with Gasteiger partial charge < -0.3 is 15.4 Å². The first-order valence-electron chi connectivity index (χ1n) is 12.3. The molecule has 0 spiro atoms. The zero-order valence-corrected chi connectivity index (χ0v) is 24.4. The summed E-state index contributed by atoms with van der Waals surface area (Å²) in [5, 5.41) is 6.08. The number of carbonyl (C=O) groups is 3. The Morgan fingerprint density at radius 1 is 1.13 bits per heavy atom. The molecular formula is C27H31ClN4O4S2. The van der Waals surface area contributed by atoms with Crippen LogP contribution in [0.4, 0.5) is 5.69 Å². The molecule has 0 saturated carbocycles. The highest BCUT2D eigenvalue weighted by Gasteiger charge is 2.27. The molecule has 3 heterocycles. The number of thiophene rings is 1. The van der Waals surface area contributed by atoms with E-state index in [9.17, 15) is 14.4 Å². The number of para-hydroxylation sites is 1. The zero-order valence-electron chi connectivity index (χ0n) is 22.0. The lowest BCUT2D eigenvalue weighted by Gasteiger charge is -2.29. The van der Waals surface area contributed by atoms with Gasteiger partial charge in [-0.1, -0.05) is 23.7 Å². The van der Waals surface area contributed by atoms with Crippen LogP contribution in [0, 0.1) is 0 Å². The maximum absolute atomic E-state index is 13.4. The van der Waals surface area contributed by atoms with Crippen LogP contribution in [0.5, 0.6) is 0 Å². The van der Waals surface area contributed by atoms with Crippen LogP contribution >= 0.6 is 34.3 Å².